The molecule has 0 aliphatic rings. The molecule has 0 unspecified atom stereocenters. The van der Waals surface area contributed by atoms with Crippen molar-refractivity contribution in [3.63, 3.8) is 0 Å². The first-order valence-electron chi connectivity index (χ1n) is 5.93. The van der Waals surface area contributed by atoms with Crippen LogP contribution in [0.1, 0.15) is 0 Å². The third kappa shape index (κ3) is 3.87. The zero-order chi connectivity index (χ0) is 16.5. The van der Waals surface area contributed by atoms with Crippen molar-refractivity contribution < 1.29 is 17.9 Å². The molecule has 0 bridgehead atoms. The average Bonchev–Trinajstić information content (AvgIpc) is 2.41. The van der Waals surface area contributed by atoms with Gasteiger partial charge in [0, 0.05) is 16.8 Å². The Labute approximate surface area is 147 Å². The molecule has 0 amide bonds. The molecule has 0 atom stereocenters. The van der Waals surface area contributed by atoms with E-state index in [1.54, 1.807) is 18.2 Å². The van der Waals surface area contributed by atoms with Crippen LogP contribution in [0, 0.1) is 0 Å². The van der Waals surface area contributed by atoms with Crippen molar-refractivity contribution in [2.24, 2.45) is 0 Å². The largest absolute Gasteiger partial charge is 0.495 e. The van der Waals surface area contributed by atoms with Crippen LogP contribution in [0.3, 0.4) is 0 Å². The third-order valence-corrected chi connectivity index (χ3v) is 4.85. The number of rotatable bonds is 4. The fourth-order valence-corrected chi connectivity index (χ4v) is 3.89. The number of halogens is 3. The summed E-state index contributed by atoms with van der Waals surface area (Å²) in [7, 11) is -2.07. The van der Waals surface area contributed by atoms with Gasteiger partial charge in [-0.3, -0.25) is 0 Å². The molecule has 0 spiro atoms. The molecule has 0 heterocycles. The normalized spacial score (nSPS) is 11.3. The summed E-state index contributed by atoms with van der Waals surface area (Å²) < 4.78 is 35.0. The minimum absolute atomic E-state index is 0.0249. The Bertz CT molecular complexity index is 799. The van der Waals surface area contributed by atoms with Gasteiger partial charge in [-0.1, -0.05) is 39.1 Å². The Morgan fingerprint density at radius 3 is 2.18 bits per heavy atom. The summed E-state index contributed by atoms with van der Waals surface area (Å²) in [6.45, 7) is 0. The molecule has 118 valence electrons. The Morgan fingerprint density at radius 1 is 1.09 bits per heavy atom. The molecule has 4 nitrogen and oxygen atoms in total. The van der Waals surface area contributed by atoms with Crippen LogP contribution in [0.2, 0.25) is 10.0 Å². The van der Waals surface area contributed by atoms with Gasteiger partial charge >= 0.3 is 0 Å². The minimum Gasteiger partial charge on any atom is -0.495 e. The van der Waals surface area contributed by atoms with Crippen LogP contribution in [-0.2, 0) is 9.84 Å². The van der Waals surface area contributed by atoms with Gasteiger partial charge in [-0.25, -0.2) is 8.42 Å². The Balaban J connectivity index is 2.48. The summed E-state index contributed by atoms with van der Waals surface area (Å²) in [6.07, 6.45) is 1.09. The van der Waals surface area contributed by atoms with Crippen LogP contribution in [0.4, 0.5) is 0 Å². The number of hydrogen-bond acceptors (Lipinski definition) is 4. The predicted octanol–water partition coefficient (Wildman–Crippen LogP) is 4.96. The molecule has 0 radical (unpaired) electrons. The van der Waals surface area contributed by atoms with Crippen molar-refractivity contribution in [3.05, 3.63) is 44.8 Å². The van der Waals surface area contributed by atoms with Gasteiger partial charge in [-0.05, 0) is 24.3 Å². The van der Waals surface area contributed by atoms with Crippen LogP contribution >= 0.6 is 39.1 Å². The predicted molar refractivity (Wildman–Crippen MR) is 90.3 cm³/mol. The second-order valence-electron chi connectivity index (χ2n) is 4.39. The van der Waals surface area contributed by atoms with E-state index in [1.165, 1.54) is 19.2 Å². The van der Waals surface area contributed by atoms with E-state index in [0.29, 0.717) is 14.5 Å². The SMILES string of the molecule is COc1ccc(Oc2c(Cl)cc(Br)cc2Cl)cc1S(C)(=O)=O. The minimum atomic E-state index is -3.47. The molecular weight excluding hydrogens is 415 g/mol. The highest BCUT2D eigenvalue weighted by Gasteiger charge is 2.17. The smallest absolute Gasteiger partial charge is 0.179 e. The number of sulfone groups is 1. The van der Waals surface area contributed by atoms with Crippen molar-refractivity contribution in [1.82, 2.24) is 0 Å². The topological polar surface area (TPSA) is 52.6 Å². The first kappa shape index (κ1) is 17.4. The quantitative estimate of drug-likeness (QED) is 0.694. The van der Waals surface area contributed by atoms with Gasteiger partial charge in [0.1, 0.15) is 16.4 Å². The fourth-order valence-electron chi connectivity index (χ4n) is 1.75. The van der Waals surface area contributed by atoms with E-state index in [4.69, 9.17) is 32.7 Å². The van der Waals surface area contributed by atoms with Crippen molar-refractivity contribution in [2.75, 3.05) is 13.4 Å². The molecule has 0 N–H and O–H groups in total. The first-order chi connectivity index (χ1) is 10.2. The fraction of sp³-hybridized carbons (Fsp3) is 0.143. The maximum atomic E-state index is 11.8. The summed E-state index contributed by atoms with van der Waals surface area (Å²) in [4.78, 5) is 0.0249. The van der Waals surface area contributed by atoms with E-state index in [-0.39, 0.29) is 22.1 Å². The van der Waals surface area contributed by atoms with Crippen LogP contribution < -0.4 is 9.47 Å². The van der Waals surface area contributed by atoms with Crippen LogP contribution in [0.15, 0.2) is 39.7 Å². The maximum absolute atomic E-state index is 11.8. The lowest BCUT2D eigenvalue weighted by molar-refractivity contribution is 0.400. The number of ether oxygens (including phenoxy) is 2. The summed E-state index contributed by atoms with van der Waals surface area (Å²) in [5.74, 6) is 0.770. The van der Waals surface area contributed by atoms with Gasteiger partial charge in [0.15, 0.2) is 15.6 Å². The second-order valence-corrected chi connectivity index (χ2v) is 8.10. The molecular formula is C14H11BrCl2O4S. The Kier molecular flexibility index (Phi) is 5.27. The molecule has 2 aromatic carbocycles. The van der Waals surface area contributed by atoms with Gasteiger partial charge in [-0.2, -0.15) is 0 Å². The summed E-state index contributed by atoms with van der Waals surface area (Å²) in [6, 6.07) is 7.70. The molecule has 2 rings (SSSR count). The molecule has 0 aliphatic heterocycles. The zero-order valence-corrected chi connectivity index (χ0v) is 15.5. The van der Waals surface area contributed by atoms with Crippen LogP contribution in [-0.4, -0.2) is 21.8 Å². The molecule has 0 aliphatic carbocycles. The Hall–Kier alpha value is -0.950. The summed E-state index contributed by atoms with van der Waals surface area (Å²) >= 11 is 15.4. The van der Waals surface area contributed by atoms with Gasteiger partial charge in [0.2, 0.25) is 0 Å². The van der Waals surface area contributed by atoms with Gasteiger partial charge in [0.05, 0.1) is 17.2 Å². The molecule has 0 saturated heterocycles. The van der Waals surface area contributed by atoms with E-state index >= 15 is 0 Å². The lowest BCUT2D eigenvalue weighted by atomic mass is 10.3. The summed E-state index contributed by atoms with van der Waals surface area (Å²) in [5, 5.41) is 0.604. The monoisotopic (exact) mass is 424 g/mol. The van der Waals surface area contributed by atoms with Gasteiger partial charge < -0.3 is 9.47 Å². The molecule has 2 aromatic rings. The number of benzene rings is 2. The van der Waals surface area contributed by atoms with E-state index in [2.05, 4.69) is 15.9 Å². The van der Waals surface area contributed by atoms with E-state index in [9.17, 15) is 8.42 Å². The first-order valence-corrected chi connectivity index (χ1v) is 9.37. The molecule has 8 heteroatoms. The molecule has 22 heavy (non-hydrogen) atoms. The highest BCUT2D eigenvalue weighted by molar-refractivity contribution is 9.10. The lowest BCUT2D eigenvalue weighted by Crippen LogP contribution is -2.01. The van der Waals surface area contributed by atoms with Crippen molar-refractivity contribution in [3.8, 4) is 17.2 Å². The maximum Gasteiger partial charge on any atom is 0.179 e. The molecule has 0 saturated carbocycles. The summed E-state index contributed by atoms with van der Waals surface area (Å²) in [5.41, 5.74) is 0. The van der Waals surface area contributed by atoms with E-state index < -0.39 is 9.84 Å². The highest BCUT2D eigenvalue weighted by Crippen LogP contribution is 2.40. The lowest BCUT2D eigenvalue weighted by Gasteiger charge is -2.12. The van der Waals surface area contributed by atoms with E-state index in [0.717, 1.165) is 6.26 Å². The highest BCUT2D eigenvalue weighted by atomic mass is 79.9. The zero-order valence-electron chi connectivity index (χ0n) is 11.6. The number of hydrogen-bond donors (Lipinski definition) is 0. The molecule has 0 aromatic heterocycles. The van der Waals surface area contributed by atoms with Crippen LogP contribution in [0.25, 0.3) is 0 Å². The van der Waals surface area contributed by atoms with Crippen molar-refractivity contribution in [2.45, 2.75) is 4.90 Å². The van der Waals surface area contributed by atoms with Crippen molar-refractivity contribution in [1.29, 1.82) is 0 Å². The van der Waals surface area contributed by atoms with Gasteiger partial charge in [0.25, 0.3) is 0 Å². The van der Waals surface area contributed by atoms with Crippen LogP contribution in [0.5, 0.6) is 17.2 Å². The average molecular weight is 426 g/mol. The Morgan fingerprint density at radius 2 is 1.68 bits per heavy atom. The third-order valence-electron chi connectivity index (χ3n) is 2.72. The second kappa shape index (κ2) is 6.66. The standard InChI is InChI=1S/C14H11BrCl2O4S/c1-20-12-4-3-9(7-13(12)22(2,18)19)21-14-10(16)5-8(15)6-11(14)17/h3-7H,1-2H3. The van der Waals surface area contributed by atoms with Gasteiger partial charge in [-0.15, -0.1) is 0 Å². The van der Waals surface area contributed by atoms with Crippen molar-refractivity contribution >= 4 is 49.0 Å². The van der Waals surface area contributed by atoms with E-state index in [1.807, 2.05) is 0 Å². The number of methoxy groups -OCH3 is 1. The molecule has 0 fully saturated rings.